The number of rotatable bonds is 5. The Bertz CT molecular complexity index is 457. The second kappa shape index (κ2) is 5.83. The minimum absolute atomic E-state index is 0.342. The summed E-state index contributed by atoms with van der Waals surface area (Å²) in [5.74, 6) is 0.590. The lowest BCUT2D eigenvalue weighted by molar-refractivity contribution is 0.567. The van der Waals surface area contributed by atoms with Gasteiger partial charge in [-0.25, -0.2) is 0 Å². The van der Waals surface area contributed by atoms with Crippen LogP contribution in [0, 0.1) is 0 Å². The van der Waals surface area contributed by atoms with E-state index in [2.05, 4.69) is 60.6 Å². The number of nitrogens with zero attached hydrogens (tertiary/aromatic N) is 1. The molecule has 0 saturated heterocycles. The smallest absolute Gasteiger partial charge is 0.0490 e. The van der Waals surface area contributed by atoms with Crippen molar-refractivity contribution < 1.29 is 0 Å². The van der Waals surface area contributed by atoms with Gasteiger partial charge in [0.05, 0.1) is 0 Å². The summed E-state index contributed by atoms with van der Waals surface area (Å²) in [5, 5.41) is 10.4. The first-order chi connectivity index (χ1) is 8.66. The van der Waals surface area contributed by atoms with Crippen LogP contribution in [0.2, 0.25) is 0 Å². The molecule has 3 nitrogen and oxygen atoms in total. The van der Waals surface area contributed by atoms with Crippen LogP contribution in [0.1, 0.15) is 49.6 Å². The number of aromatic amines is 1. The zero-order valence-electron chi connectivity index (χ0n) is 11.3. The van der Waals surface area contributed by atoms with Gasteiger partial charge in [-0.1, -0.05) is 38.1 Å². The van der Waals surface area contributed by atoms with Gasteiger partial charge in [0.1, 0.15) is 0 Å². The number of H-pyrrole nitrogens is 1. The number of benzene rings is 1. The number of hydrogen-bond acceptors (Lipinski definition) is 2. The summed E-state index contributed by atoms with van der Waals surface area (Å²) >= 11 is 0. The first kappa shape index (κ1) is 12.8. The molecule has 1 atom stereocenters. The summed E-state index contributed by atoms with van der Waals surface area (Å²) in [6, 6.07) is 11.2. The third kappa shape index (κ3) is 3.20. The summed E-state index contributed by atoms with van der Waals surface area (Å²) in [6.07, 6.45) is 1.78. The minimum Gasteiger partial charge on any atom is -0.305 e. The van der Waals surface area contributed by atoms with Gasteiger partial charge < -0.3 is 5.32 Å². The molecule has 0 radical (unpaired) electrons. The molecule has 1 aromatic heterocycles. The molecule has 1 unspecified atom stereocenters. The molecule has 96 valence electrons. The monoisotopic (exact) mass is 243 g/mol. The van der Waals surface area contributed by atoms with Crippen LogP contribution in [0.4, 0.5) is 0 Å². The van der Waals surface area contributed by atoms with E-state index in [1.807, 2.05) is 6.07 Å². The van der Waals surface area contributed by atoms with Crippen molar-refractivity contribution in [3.63, 3.8) is 0 Å². The average molecular weight is 243 g/mol. The molecule has 0 amide bonds. The molecular weight excluding hydrogens is 222 g/mol. The SMILES string of the molecule is CC(C)c1ccc(C(C)NCc2ccn[nH]2)cc1. The van der Waals surface area contributed by atoms with Crippen LogP contribution in [0.15, 0.2) is 36.5 Å². The molecule has 2 N–H and O–H groups in total. The van der Waals surface area contributed by atoms with Crippen molar-refractivity contribution in [1.82, 2.24) is 15.5 Å². The van der Waals surface area contributed by atoms with Gasteiger partial charge in [0.25, 0.3) is 0 Å². The predicted octanol–water partition coefficient (Wildman–Crippen LogP) is 3.38. The molecule has 1 aromatic carbocycles. The Morgan fingerprint density at radius 2 is 1.72 bits per heavy atom. The fraction of sp³-hybridized carbons (Fsp3) is 0.400. The zero-order valence-corrected chi connectivity index (χ0v) is 11.3. The lowest BCUT2D eigenvalue weighted by Crippen LogP contribution is -2.18. The highest BCUT2D eigenvalue weighted by Crippen LogP contribution is 2.18. The van der Waals surface area contributed by atoms with Crippen LogP contribution in [0.25, 0.3) is 0 Å². The van der Waals surface area contributed by atoms with Gasteiger partial charge >= 0.3 is 0 Å². The highest BCUT2D eigenvalue weighted by atomic mass is 15.1. The number of hydrogen-bond donors (Lipinski definition) is 2. The molecule has 0 aliphatic rings. The molecule has 0 aliphatic heterocycles. The molecule has 18 heavy (non-hydrogen) atoms. The molecule has 0 bridgehead atoms. The number of aromatic nitrogens is 2. The molecule has 0 spiro atoms. The van der Waals surface area contributed by atoms with Gasteiger partial charge in [0.2, 0.25) is 0 Å². The highest BCUT2D eigenvalue weighted by Gasteiger charge is 2.06. The third-order valence-electron chi connectivity index (χ3n) is 3.26. The zero-order chi connectivity index (χ0) is 13.0. The maximum atomic E-state index is 3.94. The van der Waals surface area contributed by atoms with E-state index in [0.29, 0.717) is 12.0 Å². The van der Waals surface area contributed by atoms with Crippen LogP contribution in [0.5, 0.6) is 0 Å². The van der Waals surface area contributed by atoms with Crippen molar-refractivity contribution in [2.24, 2.45) is 0 Å². The maximum absolute atomic E-state index is 3.94. The Morgan fingerprint density at radius 3 is 2.28 bits per heavy atom. The van der Waals surface area contributed by atoms with Gasteiger partial charge in [0, 0.05) is 24.5 Å². The molecule has 0 fully saturated rings. The fourth-order valence-corrected chi connectivity index (χ4v) is 1.93. The van der Waals surface area contributed by atoms with Crippen molar-refractivity contribution in [3.8, 4) is 0 Å². The molecule has 1 heterocycles. The summed E-state index contributed by atoms with van der Waals surface area (Å²) in [4.78, 5) is 0. The van der Waals surface area contributed by atoms with E-state index >= 15 is 0 Å². The number of nitrogens with one attached hydrogen (secondary N) is 2. The van der Waals surface area contributed by atoms with Crippen LogP contribution in [-0.4, -0.2) is 10.2 Å². The molecule has 0 aliphatic carbocycles. The second-order valence-corrected chi connectivity index (χ2v) is 5.01. The maximum Gasteiger partial charge on any atom is 0.0490 e. The Morgan fingerprint density at radius 1 is 1.06 bits per heavy atom. The topological polar surface area (TPSA) is 40.7 Å². The Hall–Kier alpha value is -1.61. The Labute approximate surface area is 109 Å². The van der Waals surface area contributed by atoms with Crippen LogP contribution in [-0.2, 0) is 6.54 Å². The van der Waals surface area contributed by atoms with Crippen molar-refractivity contribution in [2.45, 2.75) is 39.3 Å². The van der Waals surface area contributed by atoms with E-state index in [-0.39, 0.29) is 0 Å². The predicted molar refractivity (Wildman–Crippen MR) is 74.4 cm³/mol. The fourth-order valence-electron chi connectivity index (χ4n) is 1.93. The normalized spacial score (nSPS) is 12.9. The molecule has 3 heteroatoms. The van der Waals surface area contributed by atoms with Gasteiger partial charge in [-0.05, 0) is 30.0 Å². The highest BCUT2D eigenvalue weighted by molar-refractivity contribution is 5.26. The first-order valence-corrected chi connectivity index (χ1v) is 6.48. The van der Waals surface area contributed by atoms with E-state index < -0.39 is 0 Å². The van der Waals surface area contributed by atoms with Crippen LogP contribution < -0.4 is 5.32 Å². The quantitative estimate of drug-likeness (QED) is 0.845. The molecular formula is C15H21N3. The van der Waals surface area contributed by atoms with Gasteiger partial charge in [0.15, 0.2) is 0 Å². The summed E-state index contributed by atoms with van der Waals surface area (Å²) < 4.78 is 0. The molecule has 2 rings (SSSR count). The van der Waals surface area contributed by atoms with Gasteiger partial charge in [-0.15, -0.1) is 0 Å². The van der Waals surface area contributed by atoms with Crippen LogP contribution in [0.3, 0.4) is 0 Å². The minimum atomic E-state index is 0.342. The van der Waals surface area contributed by atoms with Gasteiger partial charge in [-0.2, -0.15) is 5.10 Å². The first-order valence-electron chi connectivity index (χ1n) is 6.48. The summed E-state index contributed by atoms with van der Waals surface area (Å²) in [5.41, 5.74) is 3.82. The Kier molecular flexibility index (Phi) is 4.15. The van der Waals surface area contributed by atoms with E-state index in [0.717, 1.165) is 12.2 Å². The third-order valence-corrected chi connectivity index (χ3v) is 3.26. The summed E-state index contributed by atoms with van der Waals surface area (Å²) in [7, 11) is 0. The van der Waals surface area contributed by atoms with Crippen molar-refractivity contribution in [1.29, 1.82) is 0 Å². The lowest BCUT2D eigenvalue weighted by atomic mass is 9.99. The standard InChI is InChI=1S/C15H21N3/c1-11(2)13-4-6-14(7-5-13)12(3)16-10-15-8-9-17-18-15/h4-9,11-12,16H,10H2,1-3H3,(H,17,18). The summed E-state index contributed by atoms with van der Waals surface area (Å²) in [6.45, 7) is 7.43. The van der Waals surface area contributed by atoms with E-state index in [1.165, 1.54) is 11.1 Å². The molecule has 2 aromatic rings. The van der Waals surface area contributed by atoms with E-state index in [1.54, 1.807) is 6.20 Å². The van der Waals surface area contributed by atoms with Crippen LogP contribution >= 0.6 is 0 Å². The van der Waals surface area contributed by atoms with Crippen molar-refractivity contribution in [2.75, 3.05) is 0 Å². The second-order valence-electron chi connectivity index (χ2n) is 5.01. The Balaban J connectivity index is 1.94. The van der Waals surface area contributed by atoms with Crippen molar-refractivity contribution in [3.05, 3.63) is 53.3 Å². The van der Waals surface area contributed by atoms with Crippen molar-refractivity contribution >= 4 is 0 Å². The largest absolute Gasteiger partial charge is 0.305 e. The molecule has 0 saturated carbocycles. The van der Waals surface area contributed by atoms with E-state index in [4.69, 9.17) is 0 Å². The average Bonchev–Trinajstić information content (AvgIpc) is 2.89. The lowest BCUT2D eigenvalue weighted by Gasteiger charge is -2.15. The van der Waals surface area contributed by atoms with E-state index in [9.17, 15) is 0 Å². The van der Waals surface area contributed by atoms with Gasteiger partial charge in [-0.3, -0.25) is 5.10 Å².